The van der Waals surface area contributed by atoms with Crippen LogP contribution >= 0.6 is 0 Å². The Balaban J connectivity index is 2.37. The van der Waals surface area contributed by atoms with Gasteiger partial charge in [0.1, 0.15) is 5.75 Å². The van der Waals surface area contributed by atoms with Crippen LogP contribution in [0.2, 0.25) is 0 Å². The lowest BCUT2D eigenvalue weighted by Crippen LogP contribution is -2.03. The van der Waals surface area contributed by atoms with Gasteiger partial charge < -0.3 is 9.84 Å². The molecule has 0 radical (unpaired) electrons. The van der Waals surface area contributed by atoms with E-state index >= 15 is 0 Å². The number of ether oxygens (including phenoxy) is 1. The van der Waals surface area contributed by atoms with E-state index in [0.29, 0.717) is 5.92 Å². The van der Waals surface area contributed by atoms with Gasteiger partial charge in [0.05, 0.1) is 13.2 Å². The van der Waals surface area contributed by atoms with Gasteiger partial charge in [0.2, 0.25) is 0 Å². The van der Waals surface area contributed by atoms with Crippen LogP contribution in [0.5, 0.6) is 5.75 Å². The van der Waals surface area contributed by atoms with Crippen LogP contribution in [0.15, 0.2) is 12.1 Å². The molecule has 0 amide bonds. The van der Waals surface area contributed by atoms with Gasteiger partial charge in [-0.15, -0.1) is 0 Å². The third-order valence-electron chi connectivity index (χ3n) is 3.76. The first-order valence-corrected chi connectivity index (χ1v) is 5.95. The van der Waals surface area contributed by atoms with E-state index in [9.17, 15) is 5.11 Å². The largest absolute Gasteiger partial charge is 0.496 e. The maximum Gasteiger partial charge on any atom is 0.125 e. The predicted molar refractivity (Wildman–Crippen MR) is 65.1 cm³/mol. The van der Waals surface area contributed by atoms with Crippen molar-refractivity contribution in [3.05, 3.63) is 28.8 Å². The minimum atomic E-state index is -0.128. The summed E-state index contributed by atoms with van der Waals surface area (Å²) in [6.07, 6.45) is 2.73. The number of rotatable bonds is 2. The molecular weight excluding hydrogens is 200 g/mol. The van der Waals surface area contributed by atoms with E-state index in [-0.39, 0.29) is 6.10 Å². The second-order valence-corrected chi connectivity index (χ2v) is 4.79. The van der Waals surface area contributed by atoms with Crippen LogP contribution in [0.3, 0.4) is 0 Å². The molecule has 16 heavy (non-hydrogen) atoms. The fourth-order valence-corrected chi connectivity index (χ4v) is 2.64. The van der Waals surface area contributed by atoms with E-state index in [1.54, 1.807) is 7.11 Å². The molecule has 0 heterocycles. The van der Waals surface area contributed by atoms with Crippen LogP contribution in [-0.4, -0.2) is 18.3 Å². The van der Waals surface area contributed by atoms with Crippen LogP contribution < -0.4 is 4.74 Å². The highest BCUT2D eigenvalue weighted by Gasteiger charge is 2.27. The molecular formula is C14H20O2. The highest BCUT2D eigenvalue weighted by atomic mass is 16.5. The summed E-state index contributed by atoms with van der Waals surface area (Å²) in [5, 5.41) is 9.61. The Hall–Kier alpha value is -1.02. The quantitative estimate of drug-likeness (QED) is 0.830. The molecule has 1 N–H and O–H groups in total. The SMILES string of the molecule is COc1c(C2CCC(O)C2)ccc(C)c1C. The molecule has 2 atom stereocenters. The van der Waals surface area contributed by atoms with E-state index in [0.717, 1.165) is 25.0 Å². The van der Waals surface area contributed by atoms with Gasteiger partial charge in [-0.05, 0) is 55.7 Å². The molecule has 1 fully saturated rings. The maximum absolute atomic E-state index is 9.61. The van der Waals surface area contributed by atoms with Crippen molar-refractivity contribution < 1.29 is 9.84 Å². The number of aliphatic hydroxyl groups excluding tert-OH is 1. The minimum absolute atomic E-state index is 0.128. The second-order valence-electron chi connectivity index (χ2n) is 4.79. The molecule has 2 unspecified atom stereocenters. The summed E-state index contributed by atoms with van der Waals surface area (Å²) < 4.78 is 5.52. The van der Waals surface area contributed by atoms with Gasteiger partial charge in [-0.1, -0.05) is 12.1 Å². The van der Waals surface area contributed by atoms with E-state index < -0.39 is 0 Å². The van der Waals surface area contributed by atoms with Crippen molar-refractivity contribution in [3.8, 4) is 5.75 Å². The van der Waals surface area contributed by atoms with Gasteiger partial charge in [-0.25, -0.2) is 0 Å². The number of aryl methyl sites for hydroxylation is 1. The monoisotopic (exact) mass is 220 g/mol. The van der Waals surface area contributed by atoms with E-state index in [1.165, 1.54) is 16.7 Å². The van der Waals surface area contributed by atoms with Gasteiger partial charge in [-0.2, -0.15) is 0 Å². The Morgan fingerprint density at radius 3 is 2.56 bits per heavy atom. The lowest BCUT2D eigenvalue weighted by Gasteiger charge is -2.18. The topological polar surface area (TPSA) is 29.5 Å². The molecule has 1 aliphatic rings. The van der Waals surface area contributed by atoms with Crippen molar-refractivity contribution in [3.63, 3.8) is 0 Å². The fourth-order valence-electron chi connectivity index (χ4n) is 2.64. The molecule has 1 aliphatic carbocycles. The van der Waals surface area contributed by atoms with Crippen molar-refractivity contribution in [2.75, 3.05) is 7.11 Å². The fraction of sp³-hybridized carbons (Fsp3) is 0.571. The summed E-state index contributed by atoms with van der Waals surface area (Å²) in [6, 6.07) is 4.31. The van der Waals surface area contributed by atoms with E-state index in [2.05, 4.69) is 26.0 Å². The van der Waals surface area contributed by atoms with Crippen LogP contribution in [0, 0.1) is 13.8 Å². The van der Waals surface area contributed by atoms with Gasteiger partial charge >= 0.3 is 0 Å². The Kier molecular flexibility index (Phi) is 3.20. The highest BCUT2D eigenvalue weighted by molar-refractivity contribution is 5.47. The lowest BCUT2D eigenvalue weighted by atomic mass is 9.93. The van der Waals surface area contributed by atoms with E-state index in [1.807, 2.05) is 0 Å². The molecule has 1 saturated carbocycles. The number of hydrogen-bond donors (Lipinski definition) is 1. The lowest BCUT2D eigenvalue weighted by molar-refractivity contribution is 0.181. The molecule has 2 nitrogen and oxygen atoms in total. The number of methoxy groups -OCH3 is 1. The van der Waals surface area contributed by atoms with Crippen molar-refractivity contribution in [1.29, 1.82) is 0 Å². The number of hydrogen-bond acceptors (Lipinski definition) is 2. The number of aliphatic hydroxyl groups is 1. The van der Waals surface area contributed by atoms with Crippen LogP contribution in [-0.2, 0) is 0 Å². The summed E-state index contributed by atoms with van der Waals surface area (Å²) in [6.45, 7) is 4.20. The van der Waals surface area contributed by atoms with Crippen molar-refractivity contribution in [2.45, 2.75) is 45.1 Å². The van der Waals surface area contributed by atoms with Crippen LogP contribution in [0.4, 0.5) is 0 Å². The first-order valence-electron chi connectivity index (χ1n) is 5.95. The molecule has 0 aromatic heterocycles. The zero-order chi connectivity index (χ0) is 11.7. The van der Waals surface area contributed by atoms with Gasteiger partial charge in [0.15, 0.2) is 0 Å². The Bertz CT molecular complexity index is 385. The average molecular weight is 220 g/mol. The first kappa shape index (κ1) is 11.5. The van der Waals surface area contributed by atoms with Crippen LogP contribution in [0.1, 0.15) is 41.9 Å². The first-order chi connectivity index (χ1) is 7.63. The average Bonchev–Trinajstić information content (AvgIpc) is 2.68. The summed E-state index contributed by atoms with van der Waals surface area (Å²) in [7, 11) is 1.73. The Morgan fingerprint density at radius 2 is 2.00 bits per heavy atom. The maximum atomic E-state index is 9.61. The summed E-state index contributed by atoms with van der Waals surface area (Å²) in [5.41, 5.74) is 3.75. The Labute approximate surface area is 97.3 Å². The van der Waals surface area contributed by atoms with Gasteiger partial charge in [0, 0.05) is 0 Å². The van der Waals surface area contributed by atoms with Gasteiger partial charge in [0.25, 0.3) is 0 Å². The molecule has 88 valence electrons. The van der Waals surface area contributed by atoms with Crippen molar-refractivity contribution >= 4 is 0 Å². The highest BCUT2D eigenvalue weighted by Crippen LogP contribution is 2.40. The summed E-state index contributed by atoms with van der Waals surface area (Å²) in [4.78, 5) is 0. The molecule has 0 saturated heterocycles. The molecule has 1 aromatic rings. The predicted octanol–water partition coefficient (Wildman–Crippen LogP) is 2.94. The van der Waals surface area contributed by atoms with E-state index in [4.69, 9.17) is 4.74 Å². The molecule has 0 bridgehead atoms. The smallest absolute Gasteiger partial charge is 0.125 e. The molecule has 2 heteroatoms. The Morgan fingerprint density at radius 1 is 1.25 bits per heavy atom. The normalized spacial score (nSPS) is 24.8. The third-order valence-corrected chi connectivity index (χ3v) is 3.76. The van der Waals surface area contributed by atoms with Crippen molar-refractivity contribution in [2.24, 2.45) is 0 Å². The standard InChI is InChI=1S/C14H20O2/c1-9-4-7-13(14(16-3)10(9)2)11-5-6-12(15)8-11/h4,7,11-12,15H,5-6,8H2,1-3H3. The van der Waals surface area contributed by atoms with Gasteiger partial charge in [-0.3, -0.25) is 0 Å². The molecule has 1 aromatic carbocycles. The minimum Gasteiger partial charge on any atom is -0.496 e. The molecule has 2 rings (SSSR count). The second kappa shape index (κ2) is 4.46. The molecule has 0 aliphatic heterocycles. The zero-order valence-electron chi connectivity index (χ0n) is 10.3. The summed E-state index contributed by atoms with van der Waals surface area (Å²) in [5.74, 6) is 1.48. The number of benzene rings is 1. The van der Waals surface area contributed by atoms with Crippen molar-refractivity contribution in [1.82, 2.24) is 0 Å². The zero-order valence-corrected chi connectivity index (χ0v) is 10.3. The molecule has 0 spiro atoms. The third kappa shape index (κ3) is 1.94. The van der Waals surface area contributed by atoms with Crippen LogP contribution in [0.25, 0.3) is 0 Å². The summed E-state index contributed by atoms with van der Waals surface area (Å²) >= 11 is 0.